The van der Waals surface area contributed by atoms with E-state index in [1.807, 2.05) is 24.4 Å². The number of carbonyl (C=O) groups is 1. The summed E-state index contributed by atoms with van der Waals surface area (Å²) in [6, 6.07) is 7.43. The summed E-state index contributed by atoms with van der Waals surface area (Å²) in [4.78, 5) is 37.6. The molecular formula is C25H25N5O3. The van der Waals surface area contributed by atoms with Crippen LogP contribution in [0.25, 0.3) is 22.0 Å². The van der Waals surface area contributed by atoms with E-state index in [9.17, 15) is 9.59 Å². The monoisotopic (exact) mass is 443 g/mol. The molecular weight excluding hydrogens is 418 g/mol. The number of aromatic nitrogens is 4. The number of hydrogen-bond acceptors (Lipinski definition) is 5. The van der Waals surface area contributed by atoms with E-state index in [0.717, 1.165) is 40.8 Å². The van der Waals surface area contributed by atoms with Crippen molar-refractivity contribution in [2.24, 2.45) is 0 Å². The summed E-state index contributed by atoms with van der Waals surface area (Å²) in [5.74, 6) is 0.611. The summed E-state index contributed by atoms with van der Waals surface area (Å²) in [5, 5.41) is 4.15. The first kappa shape index (κ1) is 20.9. The fraction of sp³-hybridized carbons (Fsp3) is 0.280. The molecule has 168 valence electrons. The summed E-state index contributed by atoms with van der Waals surface area (Å²) in [6.45, 7) is 1.10. The summed E-state index contributed by atoms with van der Waals surface area (Å²) in [6.07, 6.45) is 9.92. The van der Waals surface area contributed by atoms with Crippen molar-refractivity contribution in [3.63, 3.8) is 0 Å². The highest BCUT2D eigenvalue weighted by Crippen LogP contribution is 2.27. The molecule has 0 saturated carbocycles. The van der Waals surface area contributed by atoms with Gasteiger partial charge in [0.05, 0.1) is 12.7 Å². The molecule has 5 rings (SSSR count). The maximum atomic E-state index is 13.4. The fourth-order valence-electron chi connectivity index (χ4n) is 4.57. The summed E-state index contributed by atoms with van der Waals surface area (Å²) < 4.78 is 7.08. The molecule has 3 aromatic heterocycles. The minimum atomic E-state index is -0.183. The number of carbonyl (C=O) groups excluding carboxylic acids is 1. The number of benzene rings is 1. The number of rotatable bonds is 6. The molecule has 1 aromatic carbocycles. The molecule has 1 aliphatic rings. The van der Waals surface area contributed by atoms with Crippen LogP contribution in [0.15, 0.2) is 54.0 Å². The standard InChI is InChI=1S/C25H25N5O3/c1-33-18-5-6-21-19(10-18)16(14-29-21)7-8-28-25(32)24-20(17-12-26-15-27-13-17)11-23(31)30-9-3-2-4-22(24)30/h5-6,10-15,29H,2-4,7-9H2,1H3,(H,28,32). The van der Waals surface area contributed by atoms with Crippen molar-refractivity contribution in [1.82, 2.24) is 24.8 Å². The Bertz CT molecular complexity index is 1370. The third-order valence-corrected chi connectivity index (χ3v) is 6.22. The van der Waals surface area contributed by atoms with Crippen LogP contribution < -0.4 is 15.6 Å². The van der Waals surface area contributed by atoms with Crippen molar-refractivity contribution in [2.45, 2.75) is 32.2 Å². The van der Waals surface area contributed by atoms with Gasteiger partial charge in [-0.05, 0) is 49.4 Å². The molecule has 2 N–H and O–H groups in total. The first-order valence-corrected chi connectivity index (χ1v) is 11.1. The van der Waals surface area contributed by atoms with Crippen molar-refractivity contribution in [3.05, 3.63) is 76.4 Å². The Kier molecular flexibility index (Phi) is 5.64. The molecule has 1 aliphatic heterocycles. The van der Waals surface area contributed by atoms with Gasteiger partial charge in [0.2, 0.25) is 0 Å². The average Bonchev–Trinajstić information content (AvgIpc) is 3.26. The number of H-pyrrole nitrogens is 1. The molecule has 0 saturated heterocycles. The third-order valence-electron chi connectivity index (χ3n) is 6.22. The minimum absolute atomic E-state index is 0.0900. The number of aromatic amines is 1. The average molecular weight is 444 g/mol. The zero-order chi connectivity index (χ0) is 22.8. The highest BCUT2D eigenvalue weighted by Gasteiger charge is 2.24. The Morgan fingerprint density at radius 3 is 2.88 bits per heavy atom. The van der Waals surface area contributed by atoms with Gasteiger partial charge >= 0.3 is 0 Å². The maximum Gasteiger partial charge on any atom is 0.253 e. The molecule has 4 aromatic rings. The van der Waals surface area contributed by atoms with Crippen LogP contribution in [0.4, 0.5) is 0 Å². The van der Waals surface area contributed by atoms with Crippen molar-refractivity contribution in [3.8, 4) is 16.9 Å². The van der Waals surface area contributed by atoms with Crippen LogP contribution >= 0.6 is 0 Å². The lowest BCUT2D eigenvalue weighted by Gasteiger charge is -2.23. The smallest absolute Gasteiger partial charge is 0.253 e. The number of fused-ring (bicyclic) bond motifs is 2. The SMILES string of the molecule is COc1ccc2[nH]cc(CCNC(=O)c3c(-c4cncnc4)cc(=O)n4c3CCCC4)c2c1. The highest BCUT2D eigenvalue weighted by molar-refractivity contribution is 6.02. The van der Waals surface area contributed by atoms with E-state index in [1.165, 1.54) is 12.4 Å². The topological polar surface area (TPSA) is 102 Å². The van der Waals surface area contributed by atoms with Gasteiger partial charge in [0, 0.05) is 65.5 Å². The zero-order valence-electron chi connectivity index (χ0n) is 18.4. The van der Waals surface area contributed by atoms with Crippen LogP contribution in [0, 0.1) is 0 Å². The fourth-order valence-corrected chi connectivity index (χ4v) is 4.57. The lowest BCUT2D eigenvalue weighted by atomic mass is 9.95. The highest BCUT2D eigenvalue weighted by atomic mass is 16.5. The molecule has 8 heteroatoms. The van der Waals surface area contributed by atoms with Gasteiger partial charge < -0.3 is 19.6 Å². The minimum Gasteiger partial charge on any atom is -0.497 e. The van der Waals surface area contributed by atoms with Gasteiger partial charge in [-0.15, -0.1) is 0 Å². The summed E-state index contributed by atoms with van der Waals surface area (Å²) in [7, 11) is 1.65. The molecule has 0 bridgehead atoms. The van der Waals surface area contributed by atoms with Crippen LogP contribution in [-0.2, 0) is 19.4 Å². The predicted molar refractivity (Wildman–Crippen MR) is 126 cm³/mol. The van der Waals surface area contributed by atoms with Gasteiger partial charge in [-0.3, -0.25) is 9.59 Å². The quantitative estimate of drug-likeness (QED) is 0.477. The largest absolute Gasteiger partial charge is 0.497 e. The Hall–Kier alpha value is -3.94. The molecule has 0 atom stereocenters. The first-order chi connectivity index (χ1) is 16.2. The van der Waals surface area contributed by atoms with Crippen LogP contribution in [-0.4, -0.2) is 39.1 Å². The Labute approximate surface area is 190 Å². The lowest BCUT2D eigenvalue weighted by molar-refractivity contribution is 0.0952. The molecule has 0 fully saturated rings. The first-order valence-electron chi connectivity index (χ1n) is 11.1. The second kappa shape index (κ2) is 8.90. The van der Waals surface area contributed by atoms with E-state index in [0.29, 0.717) is 42.6 Å². The summed E-state index contributed by atoms with van der Waals surface area (Å²) in [5.41, 5.74) is 4.63. The Balaban J connectivity index is 1.43. The molecule has 8 nitrogen and oxygen atoms in total. The molecule has 4 heterocycles. The second-order valence-corrected chi connectivity index (χ2v) is 8.19. The third kappa shape index (κ3) is 4.00. The van der Waals surface area contributed by atoms with Crippen LogP contribution in [0.5, 0.6) is 5.75 Å². The summed E-state index contributed by atoms with van der Waals surface area (Å²) >= 11 is 0. The lowest BCUT2D eigenvalue weighted by Crippen LogP contribution is -2.34. The van der Waals surface area contributed by atoms with Gasteiger partial charge in [-0.2, -0.15) is 0 Å². The number of ether oxygens (including phenoxy) is 1. The molecule has 0 unspecified atom stereocenters. The van der Waals surface area contributed by atoms with E-state index in [-0.39, 0.29) is 11.5 Å². The Morgan fingerprint density at radius 2 is 2.06 bits per heavy atom. The van der Waals surface area contributed by atoms with E-state index < -0.39 is 0 Å². The number of amides is 1. The van der Waals surface area contributed by atoms with Crippen molar-refractivity contribution >= 4 is 16.8 Å². The van der Waals surface area contributed by atoms with E-state index >= 15 is 0 Å². The van der Waals surface area contributed by atoms with E-state index in [1.54, 1.807) is 24.1 Å². The van der Waals surface area contributed by atoms with Gasteiger partial charge in [0.25, 0.3) is 11.5 Å². The predicted octanol–water partition coefficient (Wildman–Crippen LogP) is 3.10. The van der Waals surface area contributed by atoms with E-state index in [4.69, 9.17) is 4.74 Å². The molecule has 0 radical (unpaired) electrons. The van der Waals surface area contributed by atoms with Crippen LogP contribution in [0.3, 0.4) is 0 Å². The van der Waals surface area contributed by atoms with Gasteiger partial charge in [-0.25, -0.2) is 9.97 Å². The molecule has 0 spiro atoms. The van der Waals surface area contributed by atoms with Gasteiger partial charge in [0.15, 0.2) is 0 Å². The second-order valence-electron chi connectivity index (χ2n) is 8.19. The number of nitrogens with zero attached hydrogens (tertiary/aromatic N) is 3. The zero-order valence-corrected chi connectivity index (χ0v) is 18.4. The van der Waals surface area contributed by atoms with Gasteiger partial charge in [0.1, 0.15) is 12.1 Å². The number of hydrogen-bond donors (Lipinski definition) is 2. The van der Waals surface area contributed by atoms with Gasteiger partial charge in [-0.1, -0.05) is 0 Å². The number of nitrogens with one attached hydrogen (secondary N) is 2. The molecule has 1 amide bonds. The normalized spacial score (nSPS) is 13.0. The maximum absolute atomic E-state index is 13.4. The van der Waals surface area contributed by atoms with Crippen molar-refractivity contribution < 1.29 is 9.53 Å². The molecule has 33 heavy (non-hydrogen) atoms. The van der Waals surface area contributed by atoms with E-state index in [2.05, 4.69) is 20.3 Å². The Morgan fingerprint density at radius 1 is 1.21 bits per heavy atom. The number of methoxy groups -OCH3 is 1. The van der Waals surface area contributed by atoms with Crippen molar-refractivity contribution in [1.29, 1.82) is 0 Å². The van der Waals surface area contributed by atoms with Crippen LogP contribution in [0.2, 0.25) is 0 Å². The van der Waals surface area contributed by atoms with Crippen molar-refractivity contribution in [2.75, 3.05) is 13.7 Å². The number of pyridine rings is 1. The molecule has 0 aliphatic carbocycles. The van der Waals surface area contributed by atoms with Crippen LogP contribution in [0.1, 0.15) is 34.5 Å².